The molecular weight excluding hydrogens is 492 g/mol. The third-order valence-electron chi connectivity index (χ3n) is 8.37. The fourth-order valence-electron chi connectivity index (χ4n) is 6.19. The molecule has 3 aliphatic rings. The highest BCUT2D eigenvalue weighted by Gasteiger charge is 2.34. The van der Waals surface area contributed by atoms with E-state index < -0.39 is 0 Å². The van der Waals surface area contributed by atoms with Gasteiger partial charge in [0.1, 0.15) is 18.2 Å². The number of aromatic nitrogens is 2. The molecule has 0 saturated carbocycles. The summed E-state index contributed by atoms with van der Waals surface area (Å²) in [6.07, 6.45) is 3.68. The highest BCUT2D eigenvalue weighted by Crippen LogP contribution is 2.39. The van der Waals surface area contributed by atoms with Gasteiger partial charge < -0.3 is 29.4 Å². The molecule has 1 N–H and O–H groups in total. The first-order valence-corrected chi connectivity index (χ1v) is 13.8. The first-order valence-electron chi connectivity index (χ1n) is 13.8. The number of hydrogen-bond acceptors (Lipinski definition) is 8. The van der Waals surface area contributed by atoms with Crippen molar-refractivity contribution in [2.45, 2.75) is 44.9 Å². The summed E-state index contributed by atoms with van der Waals surface area (Å²) in [5, 5.41) is 12.6. The molecule has 0 bridgehead atoms. The van der Waals surface area contributed by atoms with Crippen LogP contribution in [0.15, 0.2) is 49.1 Å². The minimum absolute atomic E-state index is 0.0407. The van der Waals surface area contributed by atoms with Crippen LogP contribution in [0.3, 0.4) is 0 Å². The van der Waals surface area contributed by atoms with E-state index >= 15 is 0 Å². The van der Waals surface area contributed by atoms with Crippen molar-refractivity contribution in [3.63, 3.8) is 0 Å². The van der Waals surface area contributed by atoms with Gasteiger partial charge >= 0.3 is 6.01 Å². The molecule has 2 atom stereocenters. The van der Waals surface area contributed by atoms with Gasteiger partial charge in [-0.25, -0.2) is 0 Å². The Morgan fingerprint density at radius 3 is 2.79 bits per heavy atom. The quantitative estimate of drug-likeness (QED) is 0.487. The molecule has 9 heteroatoms. The minimum atomic E-state index is -0.0407. The van der Waals surface area contributed by atoms with E-state index in [0.717, 1.165) is 46.5 Å². The third-order valence-corrected chi connectivity index (χ3v) is 8.37. The monoisotopic (exact) mass is 528 g/mol. The van der Waals surface area contributed by atoms with E-state index in [1.54, 1.807) is 6.07 Å². The number of ether oxygens (including phenoxy) is 1. The van der Waals surface area contributed by atoms with Crippen LogP contribution in [0.1, 0.15) is 31.0 Å². The molecule has 0 spiro atoms. The molecular formula is C30H36N6O3. The summed E-state index contributed by atoms with van der Waals surface area (Å²) in [7, 11) is 2.14. The number of carbonyl (C=O) groups is 1. The second-order valence-corrected chi connectivity index (χ2v) is 10.9. The summed E-state index contributed by atoms with van der Waals surface area (Å²) in [5.41, 5.74) is 2.99. The first kappa shape index (κ1) is 25.4. The number of aromatic hydroxyl groups is 1. The van der Waals surface area contributed by atoms with Crippen LogP contribution >= 0.6 is 0 Å². The maximum Gasteiger partial charge on any atom is 0.318 e. The van der Waals surface area contributed by atoms with E-state index in [9.17, 15) is 9.90 Å². The standard InChI is InChI=1S/C30H36N6O3/c1-4-28(38)34-12-13-36(20(2)16-34)29-25-17-35(27-15-23(37)14-21-8-5-6-10-24(21)27)18-26(25)31-30(32-29)39-19-22-9-7-11-33(22)3/h4-6,8,10,14-15,20,22,37H,1,7,9,11-13,16-19H2,2-3H3. The summed E-state index contributed by atoms with van der Waals surface area (Å²) < 4.78 is 6.23. The van der Waals surface area contributed by atoms with Crippen molar-refractivity contribution in [1.82, 2.24) is 19.8 Å². The van der Waals surface area contributed by atoms with Crippen molar-refractivity contribution < 1.29 is 14.6 Å². The molecule has 0 aliphatic carbocycles. The number of piperazine rings is 1. The van der Waals surface area contributed by atoms with Crippen LogP contribution in [-0.4, -0.2) is 82.7 Å². The van der Waals surface area contributed by atoms with Crippen LogP contribution in [-0.2, 0) is 17.9 Å². The molecule has 39 heavy (non-hydrogen) atoms. The fourth-order valence-corrected chi connectivity index (χ4v) is 6.19. The lowest BCUT2D eigenvalue weighted by atomic mass is 10.1. The van der Waals surface area contributed by atoms with Gasteiger partial charge in [-0.1, -0.05) is 30.8 Å². The number of benzene rings is 2. The Balaban J connectivity index is 1.34. The second-order valence-electron chi connectivity index (χ2n) is 10.9. The molecule has 3 aromatic rings. The van der Waals surface area contributed by atoms with Crippen molar-refractivity contribution in [3.05, 3.63) is 60.3 Å². The lowest BCUT2D eigenvalue weighted by molar-refractivity contribution is -0.126. The summed E-state index contributed by atoms with van der Waals surface area (Å²) >= 11 is 0. The SMILES string of the molecule is C=CC(=O)N1CCN(c2nc(OCC3CCCN3C)nc3c2CN(c2cc(O)cc4ccccc24)C3)C(C)C1. The molecule has 2 saturated heterocycles. The number of rotatable bonds is 6. The molecule has 6 rings (SSSR count). The summed E-state index contributed by atoms with van der Waals surface area (Å²) in [6, 6.07) is 12.6. The Kier molecular flexibility index (Phi) is 6.76. The molecule has 2 aromatic carbocycles. The van der Waals surface area contributed by atoms with E-state index in [1.807, 2.05) is 29.2 Å². The number of phenols is 1. The van der Waals surface area contributed by atoms with Crippen LogP contribution in [0.4, 0.5) is 11.5 Å². The largest absolute Gasteiger partial charge is 0.508 e. The summed E-state index contributed by atoms with van der Waals surface area (Å²) in [6.45, 7) is 10.5. The Bertz CT molecular complexity index is 1410. The Morgan fingerprint density at radius 2 is 2.03 bits per heavy atom. The predicted molar refractivity (Wildman–Crippen MR) is 152 cm³/mol. The molecule has 4 heterocycles. The average molecular weight is 529 g/mol. The number of anilines is 2. The smallest absolute Gasteiger partial charge is 0.318 e. The maximum absolute atomic E-state index is 12.3. The van der Waals surface area contributed by atoms with E-state index in [2.05, 4.69) is 41.3 Å². The zero-order chi connectivity index (χ0) is 27.1. The third kappa shape index (κ3) is 4.87. The Labute approximate surface area is 229 Å². The summed E-state index contributed by atoms with van der Waals surface area (Å²) in [5.74, 6) is 1.08. The highest BCUT2D eigenvalue weighted by atomic mass is 16.5. The van der Waals surface area contributed by atoms with Gasteiger partial charge in [0.25, 0.3) is 0 Å². The molecule has 3 aliphatic heterocycles. The zero-order valence-corrected chi connectivity index (χ0v) is 22.7. The average Bonchev–Trinajstić information content (AvgIpc) is 3.56. The van der Waals surface area contributed by atoms with Crippen LogP contribution in [0.5, 0.6) is 11.8 Å². The topological polar surface area (TPSA) is 85.3 Å². The lowest BCUT2D eigenvalue weighted by Gasteiger charge is -2.40. The van der Waals surface area contributed by atoms with Gasteiger partial charge in [0.2, 0.25) is 5.91 Å². The van der Waals surface area contributed by atoms with Gasteiger partial charge in [-0.15, -0.1) is 0 Å². The van der Waals surface area contributed by atoms with Crippen LogP contribution < -0.4 is 14.5 Å². The zero-order valence-electron chi connectivity index (χ0n) is 22.7. The Morgan fingerprint density at radius 1 is 1.18 bits per heavy atom. The number of amides is 1. The number of hydrogen-bond donors (Lipinski definition) is 1. The molecule has 9 nitrogen and oxygen atoms in total. The van der Waals surface area contributed by atoms with Crippen molar-refractivity contribution in [2.75, 3.05) is 49.6 Å². The van der Waals surface area contributed by atoms with Crippen LogP contribution in [0.25, 0.3) is 10.8 Å². The number of likely N-dealkylation sites (N-methyl/N-ethyl adjacent to an activating group) is 1. The molecule has 2 unspecified atom stereocenters. The van der Waals surface area contributed by atoms with Gasteiger partial charge in [-0.2, -0.15) is 9.97 Å². The molecule has 1 amide bonds. The van der Waals surface area contributed by atoms with E-state index in [4.69, 9.17) is 14.7 Å². The van der Waals surface area contributed by atoms with E-state index in [1.165, 1.54) is 12.5 Å². The second kappa shape index (κ2) is 10.4. The van der Waals surface area contributed by atoms with Crippen molar-refractivity contribution in [1.29, 1.82) is 0 Å². The predicted octanol–water partition coefficient (Wildman–Crippen LogP) is 3.55. The minimum Gasteiger partial charge on any atom is -0.508 e. The van der Waals surface area contributed by atoms with Crippen LogP contribution in [0.2, 0.25) is 0 Å². The summed E-state index contributed by atoms with van der Waals surface area (Å²) in [4.78, 5) is 30.9. The van der Waals surface area contributed by atoms with Crippen molar-refractivity contribution >= 4 is 28.2 Å². The van der Waals surface area contributed by atoms with Crippen molar-refractivity contribution in [3.8, 4) is 11.8 Å². The first-order chi connectivity index (χ1) is 18.9. The van der Waals surface area contributed by atoms with Gasteiger partial charge in [0.05, 0.1) is 12.2 Å². The fraction of sp³-hybridized carbons (Fsp3) is 0.433. The van der Waals surface area contributed by atoms with Crippen molar-refractivity contribution in [2.24, 2.45) is 0 Å². The molecule has 204 valence electrons. The number of phenolic OH excluding ortho intramolecular Hbond substituents is 1. The highest BCUT2D eigenvalue weighted by molar-refractivity contribution is 5.96. The maximum atomic E-state index is 12.3. The molecule has 0 radical (unpaired) electrons. The number of carbonyl (C=O) groups excluding carboxylic acids is 1. The number of nitrogens with zero attached hydrogens (tertiary/aromatic N) is 6. The number of likely N-dealkylation sites (tertiary alicyclic amines) is 1. The van der Waals surface area contributed by atoms with Gasteiger partial charge in [0.15, 0.2) is 0 Å². The van der Waals surface area contributed by atoms with Crippen LogP contribution in [0, 0.1) is 0 Å². The Hall–Kier alpha value is -3.85. The van der Waals surface area contributed by atoms with E-state index in [0.29, 0.717) is 51.4 Å². The van der Waals surface area contributed by atoms with Gasteiger partial charge in [0, 0.05) is 61.0 Å². The van der Waals surface area contributed by atoms with Gasteiger partial charge in [-0.05, 0) is 50.9 Å². The van der Waals surface area contributed by atoms with E-state index in [-0.39, 0.29) is 17.7 Å². The molecule has 2 fully saturated rings. The number of fused-ring (bicyclic) bond motifs is 2. The normalized spacial score (nSPS) is 21.4. The molecule has 1 aromatic heterocycles. The van der Waals surface area contributed by atoms with Gasteiger partial charge in [-0.3, -0.25) is 4.79 Å². The lowest BCUT2D eigenvalue weighted by Crippen LogP contribution is -2.54.